The van der Waals surface area contributed by atoms with Gasteiger partial charge in [-0.1, -0.05) is 29.8 Å². The Morgan fingerprint density at radius 3 is 2.62 bits per heavy atom. The summed E-state index contributed by atoms with van der Waals surface area (Å²) in [5.41, 5.74) is 1.65. The fourth-order valence-corrected chi connectivity index (χ4v) is 3.17. The highest BCUT2D eigenvalue weighted by molar-refractivity contribution is 6.37. The smallest absolute Gasteiger partial charge is 0.354 e. The van der Waals surface area contributed by atoms with Gasteiger partial charge in [0, 0.05) is 19.5 Å². The molecule has 0 aliphatic heterocycles. The number of nitrogens with zero attached hydrogens (tertiary/aromatic N) is 3. The van der Waals surface area contributed by atoms with E-state index in [-0.39, 0.29) is 5.69 Å². The van der Waals surface area contributed by atoms with Gasteiger partial charge in [-0.05, 0) is 24.3 Å². The molecule has 6 heteroatoms. The van der Waals surface area contributed by atoms with Gasteiger partial charge in [-0.2, -0.15) is 4.98 Å². The number of rotatable bonds is 2. The third-order valence-electron chi connectivity index (χ3n) is 3.96. The number of para-hydroxylation sites is 1. The summed E-state index contributed by atoms with van der Waals surface area (Å²) in [4.78, 5) is 18.8. The third-order valence-corrected chi connectivity index (χ3v) is 4.28. The lowest BCUT2D eigenvalue weighted by Gasteiger charge is -2.17. The summed E-state index contributed by atoms with van der Waals surface area (Å²) in [6.07, 6.45) is 1.59. The zero-order valence-corrected chi connectivity index (χ0v) is 13.9. The Hall–Kier alpha value is -2.79. The van der Waals surface area contributed by atoms with Gasteiger partial charge in [0.05, 0.1) is 27.9 Å². The van der Waals surface area contributed by atoms with E-state index >= 15 is 0 Å². The first-order valence-electron chi connectivity index (χ1n) is 7.43. The zero-order chi connectivity index (χ0) is 16.8. The maximum atomic E-state index is 12.7. The van der Waals surface area contributed by atoms with Crippen LogP contribution in [0.25, 0.3) is 27.6 Å². The van der Waals surface area contributed by atoms with Crippen molar-refractivity contribution >= 4 is 39.3 Å². The molecule has 0 saturated carbocycles. The number of furan rings is 1. The summed E-state index contributed by atoms with van der Waals surface area (Å²) in [5.74, 6) is 0.554. The van der Waals surface area contributed by atoms with E-state index in [1.165, 1.54) is 0 Å². The van der Waals surface area contributed by atoms with Crippen LogP contribution in [0.15, 0.2) is 57.9 Å². The molecule has 0 unspecified atom stereocenters. The average molecular weight is 340 g/mol. The van der Waals surface area contributed by atoms with Gasteiger partial charge >= 0.3 is 5.69 Å². The van der Waals surface area contributed by atoms with Crippen molar-refractivity contribution in [2.24, 2.45) is 0 Å². The number of aromatic nitrogens is 2. The second-order valence-corrected chi connectivity index (χ2v) is 6.11. The molecule has 0 aliphatic carbocycles. The van der Waals surface area contributed by atoms with Crippen molar-refractivity contribution in [2.75, 3.05) is 19.0 Å². The SMILES string of the molecule is CN(C)c1nc(=O)n(-c2ccccc2)c2cc(Cl)c3ccoc3c12. The Balaban J connectivity index is 2.27. The first kappa shape index (κ1) is 14.8. The van der Waals surface area contributed by atoms with Gasteiger partial charge in [-0.15, -0.1) is 0 Å². The zero-order valence-electron chi connectivity index (χ0n) is 13.2. The summed E-state index contributed by atoms with van der Waals surface area (Å²) in [6.45, 7) is 0. The highest BCUT2D eigenvalue weighted by atomic mass is 35.5. The van der Waals surface area contributed by atoms with Gasteiger partial charge < -0.3 is 9.32 Å². The number of hydrogen-bond acceptors (Lipinski definition) is 4. The van der Waals surface area contributed by atoms with Crippen LogP contribution < -0.4 is 10.6 Å². The molecule has 5 nitrogen and oxygen atoms in total. The van der Waals surface area contributed by atoms with Crippen LogP contribution in [0.5, 0.6) is 0 Å². The van der Waals surface area contributed by atoms with E-state index in [1.807, 2.05) is 50.5 Å². The number of anilines is 1. The molecule has 0 atom stereocenters. The first-order chi connectivity index (χ1) is 11.6. The Morgan fingerprint density at radius 2 is 1.92 bits per heavy atom. The molecule has 0 spiro atoms. The quantitative estimate of drug-likeness (QED) is 0.556. The molecular weight excluding hydrogens is 326 g/mol. The van der Waals surface area contributed by atoms with E-state index in [0.29, 0.717) is 21.9 Å². The minimum absolute atomic E-state index is 0.362. The molecule has 0 aliphatic rings. The van der Waals surface area contributed by atoms with Crippen LogP contribution in [0, 0.1) is 0 Å². The van der Waals surface area contributed by atoms with Gasteiger partial charge in [-0.25, -0.2) is 4.79 Å². The molecule has 4 aromatic rings. The van der Waals surface area contributed by atoms with Gasteiger partial charge in [0.2, 0.25) is 0 Å². The molecule has 120 valence electrons. The molecule has 2 heterocycles. The number of halogens is 1. The molecule has 2 aromatic heterocycles. The van der Waals surface area contributed by atoms with E-state index in [4.69, 9.17) is 16.0 Å². The molecule has 2 aromatic carbocycles. The van der Waals surface area contributed by atoms with Crippen LogP contribution in [-0.4, -0.2) is 23.6 Å². The predicted octanol–water partition coefficient (Wildman–Crippen LogP) is 3.85. The summed E-state index contributed by atoms with van der Waals surface area (Å²) < 4.78 is 7.22. The highest BCUT2D eigenvalue weighted by Crippen LogP contribution is 2.36. The van der Waals surface area contributed by atoms with Crippen molar-refractivity contribution in [1.82, 2.24) is 9.55 Å². The molecule has 0 bridgehead atoms. The molecule has 0 radical (unpaired) electrons. The van der Waals surface area contributed by atoms with Crippen molar-refractivity contribution in [1.29, 1.82) is 0 Å². The molecule has 4 rings (SSSR count). The largest absolute Gasteiger partial charge is 0.463 e. The summed E-state index contributed by atoms with van der Waals surface area (Å²) in [7, 11) is 3.69. The fraction of sp³-hybridized carbons (Fsp3) is 0.111. The molecule has 0 saturated heterocycles. The van der Waals surface area contributed by atoms with Crippen molar-refractivity contribution in [3.8, 4) is 5.69 Å². The average Bonchev–Trinajstić information content (AvgIpc) is 3.05. The van der Waals surface area contributed by atoms with Crippen LogP contribution >= 0.6 is 11.6 Å². The lowest BCUT2D eigenvalue weighted by molar-refractivity contribution is 0.619. The normalized spacial score (nSPS) is 11.3. The van der Waals surface area contributed by atoms with Crippen LogP contribution in [0.1, 0.15) is 0 Å². The predicted molar refractivity (Wildman–Crippen MR) is 96.4 cm³/mol. The van der Waals surface area contributed by atoms with Crippen LogP contribution in [0.2, 0.25) is 5.02 Å². The Labute approximate surface area is 142 Å². The van der Waals surface area contributed by atoms with Crippen LogP contribution in [-0.2, 0) is 0 Å². The van der Waals surface area contributed by atoms with Gasteiger partial charge in [0.15, 0.2) is 0 Å². The lowest BCUT2D eigenvalue weighted by atomic mass is 10.1. The minimum atomic E-state index is -0.362. The Bertz CT molecular complexity index is 1110. The Morgan fingerprint density at radius 1 is 1.17 bits per heavy atom. The number of fused-ring (bicyclic) bond motifs is 3. The summed E-state index contributed by atoms with van der Waals surface area (Å²) in [6, 6.07) is 13.0. The molecule has 0 amide bonds. The van der Waals surface area contributed by atoms with E-state index in [0.717, 1.165) is 16.5 Å². The second-order valence-electron chi connectivity index (χ2n) is 5.70. The van der Waals surface area contributed by atoms with E-state index in [1.54, 1.807) is 21.8 Å². The third kappa shape index (κ3) is 2.09. The second kappa shape index (κ2) is 5.39. The van der Waals surface area contributed by atoms with E-state index < -0.39 is 0 Å². The molecule has 24 heavy (non-hydrogen) atoms. The minimum Gasteiger partial charge on any atom is -0.463 e. The summed E-state index contributed by atoms with van der Waals surface area (Å²) in [5, 5.41) is 2.09. The maximum absolute atomic E-state index is 12.7. The first-order valence-corrected chi connectivity index (χ1v) is 7.81. The monoisotopic (exact) mass is 339 g/mol. The van der Waals surface area contributed by atoms with Gasteiger partial charge in [0.25, 0.3) is 0 Å². The van der Waals surface area contributed by atoms with Gasteiger partial charge in [0.1, 0.15) is 11.4 Å². The van der Waals surface area contributed by atoms with Crippen molar-refractivity contribution < 1.29 is 4.42 Å². The van der Waals surface area contributed by atoms with Crippen molar-refractivity contribution in [2.45, 2.75) is 0 Å². The lowest BCUT2D eigenvalue weighted by Crippen LogP contribution is -2.25. The molecular formula is C18H14ClN3O2. The van der Waals surface area contributed by atoms with Crippen molar-refractivity contribution in [3.63, 3.8) is 0 Å². The van der Waals surface area contributed by atoms with E-state index in [9.17, 15) is 4.79 Å². The maximum Gasteiger partial charge on any atom is 0.354 e. The Kier molecular flexibility index (Phi) is 3.32. The standard InChI is InChI=1S/C18H14ClN3O2/c1-21(2)17-15-14(10-13(19)12-8-9-24-16(12)15)22(18(23)20-17)11-6-4-3-5-7-11/h3-10H,1-2H3. The van der Waals surface area contributed by atoms with E-state index in [2.05, 4.69) is 4.98 Å². The van der Waals surface area contributed by atoms with Crippen molar-refractivity contribution in [3.05, 3.63) is 64.2 Å². The number of benzene rings is 2. The fourth-order valence-electron chi connectivity index (χ4n) is 2.92. The topological polar surface area (TPSA) is 51.3 Å². The molecule has 0 fully saturated rings. The van der Waals surface area contributed by atoms with Crippen LogP contribution in [0.4, 0.5) is 5.82 Å². The van der Waals surface area contributed by atoms with Crippen LogP contribution in [0.3, 0.4) is 0 Å². The van der Waals surface area contributed by atoms with Gasteiger partial charge in [-0.3, -0.25) is 4.57 Å². The summed E-state index contributed by atoms with van der Waals surface area (Å²) >= 11 is 6.41. The highest BCUT2D eigenvalue weighted by Gasteiger charge is 2.19. The number of hydrogen-bond donors (Lipinski definition) is 0. The molecule has 0 N–H and O–H groups in total.